The Balaban J connectivity index is 2.10. The third kappa shape index (κ3) is 3.09. The zero-order chi connectivity index (χ0) is 13.0. The molecule has 98 valence electrons. The number of aliphatic hydroxyl groups excluding tert-OH is 1. The van der Waals surface area contributed by atoms with Crippen LogP contribution in [0.2, 0.25) is 0 Å². The zero-order valence-electron chi connectivity index (χ0n) is 11.1. The predicted molar refractivity (Wildman–Crippen MR) is 72.6 cm³/mol. The first-order valence-corrected chi connectivity index (χ1v) is 6.50. The molecule has 2 heterocycles. The molecule has 2 aromatic rings. The predicted octanol–water partition coefficient (Wildman–Crippen LogP) is 1.85. The molecule has 0 aliphatic rings. The van der Waals surface area contributed by atoms with E-state index in [1.807, 2.05) is 6.07 Å². The van der Waals surface area contributed by atoms with E-state index in [4.69, 9.17) is 5.11 Å². The number of hydrogen-bond acceptors (Lipinski definition) is 3. The van der Waals surface area contributed by atoms with Gasteiger partial charge < -0.3 is 9.51 Å². The van der Waals surface area contributed by atoms with Crippen molar-refractivity contribution >= 4 is 5.65 Å². The van der Waals surface area contributed by atoms with Gasteiger partial charge in [-0.1, -0.05) is 13.0 Å². The van der Waals surface area contributed by atoms with Crippen molar-refractivity contribution in [1.82, 2.24) is 14.3 Å². The van der Waals surface area contributed by atoms with Crippen molar-refractivity contribution in [1.29, 1.82) is 0 Å². The summed E-state index contributed by atoms with van der Waals surface area (Å²) in [6.45, 7) is 7.21. The Morgan fingerprint density at radius 3 is 2.89 bits per heavy atom. The number of fused-ring (bicyclic) bond motifs is 1. The second-order valence-electron chi connectivity index (χ2n) is 4.65. The van der Waals surface area contributed by atoms with Crippen LogP contribution in [0.15, 0.2) is 24.5 Å². The highest BCUT2D eigenvalue weighted by Crippen LogP contribution is 2.09. The van der Waals surface area contributed by atoms with Crippen LogP contribution in [0.25, 0.3) is 5.65 Å². The maximum atomic E-state index is 8.88. The van der Waals surface area contributed by atoms with E-state index in [1.165, 1.54) is 5.56 Å². The van der Waals surface area contributed by atoms with Crippen LogP contribution in [-0.2, 0) is 6.54 Å². The summed E-state index contributed by atoms with van der Waals surface area (Å²) >= 11 is 0. The van der Waals surface area contributed by atoms with E-state index in [0.29, 0.717) is 0 Å². The highest BCUT2D eigenvalue weighted by atomic mass is 16.3. The topological polar surface area (TPSA) is 40.8 Å². The van der Waals surface area contributed by atoms with Crippen molar-refractivity contribution in [2.45, 2.75) is 26.8 Å². The lowest BCUT2D eigenvalue weighted by Gasteiger charge is -2.18. The van der Waals surface area contributed by atoms with E-state index in [9.17, 15) is 0 Å². The van der Waals surface area contributed by atoms with E-state index >= 15 is 0 Å². The monoisotopic (exact) mass is 247 g/mol. The summed E-state index contributed by atoms with van der Waals surface area (Å²) < 4.78 is 2.07. The molecule has 2 rings (SSSR count). The zero-order valence-corrected chi connectivity index (χ0v) is 11.1. The molecule has 18 heavy (non-hydrogen) atoms. The summed E-state index contributed by atoms with van der Waals surface area (Å²) in [6.07, 6.45) is 5.00. The SMILES string of the molecule is CCN(CCCO)Cc1cn2cc(C)ccc2n1. The highest BCUT2D eigenvalue weighted by Gasteiger charge is 2.07. The molecule has 0 aromatic carbocycles. The number of aryl methyl sites for hydroxylation is 1. The summed E-state index contributed by atoms with van der Waals surface area (Å²) in [5, 5.41) is 8.88. The van der Waals surface area contributed by atoms with Gasteiger partial charge in [0, 0.05) is 32.1 Å². The lowest BCUT2D eigenvalue weighted by Crippen LogP contribution is -2.24. The molecule has 0 unspecified atom stereocenters. The Morgan fingerprint density at radius 2 is 2.17 bits per heavy atom. The van der Waals surface area contributed by atoms with Crippen molar-refractivity contribution < 1.29 is 5.11 Å². The number of aromatic nitrogens is 2. The van der Waals surface area contributed by atoms with Crippen LogP contribution in [0.4, 0.5) is 0 Å². The standard InChI is InChI=1S/C14H21N3O/c1-3-16(7-4-8-18)10-13-11-17-9-12(2)5-6-14(17)15-13/h5-6,9,11,18H,3-4,7-8,10H2,1-2H3. The molecule has 4 heteroatoms. The first kappa shape index (κ1) is 13.1. The lowest BCUT2D eigenvalue weighted by atomic mass is 10.3. The third-order valence-corrected chi connectivity index (χ3v) is 3.11. The molecule has 0 spiro atoms. The maximum absolute atomic E-state index is 8.88. The van der Waals surface area contributed by atoms with E-state index < -0.39 is 0 Å². The molecular formula is C14H21N3O. The van der Waals surface area contributed by atoms with Gasteiger partial charge in [0.05, 0.1) is 5.69 Å². The van der Waals surface area contributed by atoms with Gasteiger partial charge in [0.1, 0.15) is 5.65 Å². The number of pyridine rings is 1. The van der Waals surface area contributed by atoms with Gasteiger partial charge in [-0.05, 0) is 31.5 Å². The van der Waals surface area contributed by atoms with Gasteiger partial charge in [0.15, 0.2) is 0 Å². The van der Waals surface area contributed by atoms with Crippen LogP contribution in [0.3, 0.4) is 0 Å². The molecule has 0 fully saturated rings. The average molecular weight is 247 g/mol. The molecule has 0 bridgehead atoms. The minimum absolute atomic E-state index is 0.251. The summed E-state index contributed by atoms with van der Waals surface area (Å²) in [5.74, 6) is 0. The highest BCUT2D eigenvalue weighted by molar-refractivity contribution is 5.41. The Bertz CT molecular complexity index is 507. The molecule has 0 amide bonds. The smallest absolute Gasteiger partial charge is 0.137 e. The van der Waals surface area contributed by atoms with E-state index in [0.717, 1.165) is 37.4 Å². The fraction of sp³-hybridized carbons (Fsp3) is 0.500. The Kier molecular flexibility index (Phi) is 4.33. The molecule has 0 saturated heterocycles. The number of nitrogens with zero attached hydrogens (tertiary/aromatic N) is 3. The molecule has 1 N–H and O–H groups in total. The Labute approximate surface area is 108 Å². The molecule has 0 aliphatic carbocycles. The normalized spacial score (nSPS) is 11.6. The van der Waals surface area contributed by atoms with Gasteiger partial charge in [-0.15, -0.1) is 0 Å². The van der Waals surface area contributed by atoms with Crippen molar-refractivity contribution in [3.63, 3.8) is 0 Å². The summed E-state index contributed by atoms with van der Waals surface area (Å²) in [7, 11) is 0. The van der Waals surface area contributed by atoms with Crippen LogP contribution in [0.1, 0.15) is 24.6 Å². The molecule has 4 nitrogen and oxygen atoms in total. The van der Waals surface area contributed by atoms with Gasteiger partial charge in [-0.3, -0.25) is 4.90 Å². The van der Waals surface area contributed by atoms with E-state index in [-0.39, 0.29) is 6.61 Å². The molecule has 0 saturated carbocycles. The number of hydrogen-bond donors (Lipinski definition) is 1. The van der Waals surface area contributed by atoms with Crippen LogP contribution < -0.4 is 0 Å². The quantitative estimate of drug-likeness (QED) is 0.847. The fourth-order valence-electron chi connectivity index (χ4n) is 2.10. The maximum Gasteiger partial charge on any atom is 0.137 e. The minimum atomic E-state index is 0.251. The van der Waals surface area contributed by atoms with Crippen molar-refractivity contribution in [2.24, 2.45) is 0 Å². The number of rotatable bonds is 6. The van der Waals surface area contributed by atoms with Gasteiger partial charge in [0.2, 0.25) is 0 Å². The molecule has 0 atom stereocenters. The average Bonchev–Trinajstić information content (AvgIpc) is 2.75. The van der Waals surface area contributed by atoms with Crippen molar-refractivity contribution in [2.75, 3.05) is 19.7 Å². The summed E-state index contributed by atoms with van der Waals surface area (Å²) in [4.78, 5) is 6.90. The Morgan fingerprint density at radius 1 is 1.33 bits per heavy atom. The first-order valence-electron chi connectivity index (χ1n) is 6.50. The summed E-state index contributed by atoms with van der Waals surface area (Å²) in [5.41, 5.74) is 3.31. The van der Waals surface area contributed by atoms with Crippen LogP contribution >= 0.6 is 0 Å². The van der Waals surface area contributed by atoms with Crippen molar-refractivity contribution in [3.05, 3.63) is 35.8 Å². The molecule has 0 radical (unpaired) electrons. The fourth-order valence-corrected chi connectivity index (χ4v) is 2.10. The van der Waals surface area contributed by atoms with Gasteiger partial charge >= 0.3 is 0 Å². The first-order chi connectivity index (χ1) is 8.72. The van der Waals surface area contributed by atoms with Gasteiger partial charge in [-0.25, -0.2) is 4.98 Å². The number of aliphatic hydroxyl groups is 1. The second kappa shape index (κ2) is 5.98. The van der Waals surface area contributed by atoms with Crippen LogP contribution in [0, 0.1) is 6.92 Å². The molecular weight excluding hydrogens is 226 g/mol. The molecule has 2 aromatic heterocycles. The van der Waals surface area contributed by atoms with Crippen LogP contribution in [-0.4, -0.2) is 39.1 Å². The Hall–Kier alpha value is -1.39. The second-order valence-corrected chi connectivity index (χ2v) is 4.65. The third-order valence-electron chi connectivity index (χ3n) is 3.11. The van der Waals surface area contributed by atoms with Crippen molar-refractivity contribution in [3.8, 4) is 0 Å². The lowest BCUT2D eigenvalue weighted by molar-refractivity contribution is 0.224. The molecule has 0 aliphatic heterocycles. The summed E-state index contributed by atoms with van der Waals surface area (Å²) in [6, 6.07) is 4.12. The number of imidazole rings is 1. The largest absolute Gasteiger partial charge is 0.396 e. The van der Waals surface area contributed by atoms with Gasteiger partial charge in [-0.2, -0.15) is 0 Å². The van der Waals surface area contributed by atoms with E-state index in [2.05, 4.69) is 46.6 Å². The minimum Gasteiger partial charge on any atom is -0.396 e. The van der Waals surface area contributed by atoms with E-state index in [1.54, 1.807) is 0 Å². The van der Waals surface area contributed by atoms with Gasteiger partial charge in [0.25, 0.3) is 0 Å². The van der Waals surface area contributed by atoms with Crippen LogP contribution in [0.5, 0.6) is 0 Å².